The third kappa shape index (κ3) is 1.66. The number of nitrogens with two attached hydrogens (primary N) is 2. The molecule has 2 aromatic heterocycles. The van der Waals surface area contributed by atoms with Crippen molar-refractivity contribution in [3.63, 3.8) is 0 Å². The largest absolute Gasteiger partial charge is 0.397 e. The number of hydrogen-bond donors (Lipinski definition) is 2. The molecule has 1 aromatic carbocycles. The zero-order chi connectivity index (χ0) is 13.7. The highest BCUT2D eigenvalue weighted by Crippen LogP contribution is 2.35. The van der Waals surface area contributed by atoms with E-state index in [1.807, 2.05) is 19.1 Å². The Kier molecular flexibility index (Phi) is 2.46. The molecule has 0 radical (unpaired) electrons. The lowest BCUT2D eigenvalue weighted by Gasteiger charge is -2.05. The number of benzene rings is 1. The first kappa shape index (κ1) is 11.9. The molecular weight excluding hydrogens is 258 g/mol. The van der Waals surface area contributed by atoms with Crippen LogP contribution in [0, 0.1) is 13.8 Å². The predicted octanol–water partition coefficient (Wildman–Crippen LogP) is 2.75. The number of hydrogen-bond acceptors (Lipinski definition) is 4. The summed E-state index contributed by atoms with van der Waals surface area (Å²) < 4.78 is 0. The van der Waals surface area contributed by atoms with Gasteiger partial charge in [-0.2, -0.15) is 0 Å². The fourth-order valence-electron chi connectivity index (χ4n) is 2.19. The van der Waals surface area contributed by atoms with Gasteiger partial charge < -0.3 is 11.5 Å². The van der Waals surface area contributed by atoms with E-state index in [9.17, 15) is 4.79 Å². The summed E-state index contributed by atoms with van der Waals surface area (Å²) in [5.41, 5.74) is 15.0. The molecule has 0 aliphatic heterocycles. The highest BCUT2D eigenvalue weighted by atomic mass is 32.1. The Morgan fingerprint density at radius 3 is 2.74 bits per heavy atom. The second-order valence-corrected chi connectivity index (χ2v) is 5.63. The lowest BCUT2D eigenvalue weighted by molar-refractivity contribution is 0.100. The van der Waals surface area contributed by atoms with E-state index < -0.39 is 5.91 Å². The van der Waals surface area contributed by atoms with E-state index in [2.05, 4.69) is 18.0 Å². The van der Waals surface area contributed by atoms with E-state index in [-0.39, 0.29) is 0 Å². The van der Waals surface area contributed by atoms with Crippen LogP contribution >= 0.6 is 11.3 Å². The zero-order valence-corrected chi connectivity index (χ0v) is 11.5. The Balaban J connectivity index is 2.45. The van der Waals surface area contributed by atoms with E-state index in [0.29, 0.717) is 10.6 Å². The first-order chi connectivity index (χ1) is 8.99. The number of aromatic nitrogens is 1. The van der Waals surface area contributed by atoms with Gasteiger partial charge in [0.05, 0.1) is 11.2 Å². The molecular formula is C14H13N3OS. The Morgan fingerprint density at radius 2 is 2.05 bits per heavy atom. The summed E-state index contributed by atoms with van der Waals surface area (Å²) in [6.07, 6.45) is 0. The standard InChI is InChI=1S/C14H13N3OS/c1-6-3-4-8-5-9-10(15)12(13(16)18)19-14(9)17-11(8)7(6)2/h3-5H,15H2,1-2H3,(H2,16,18). The molecule has 1 amide bonds. The van der Waals surface area contributed by atoms with Crippen molar-refractivity contribution in [3.05, 3.63) is 34.2 Å². The Hall–Kier alpha value is -2.14. The van der Waals surface area contributed by atoms with E-state index in [0.717, 1.165) is 26.7 Å². The number of fused-ring (bicyclic) bond motifs is 2. The third-order valence-electron chi connectivity index (χ3n) is 3.43. The maximum atomic E-state index is 11.3. The zero-order valence-electron chi connectivity index (χ0n) is 10.7. The number of aryl methyl sites for hydroxylation is 2. The fraction of sp³-hybridized carbons (Fsp3) is 0.143. The number of amides is 1. The minimum atomic E-state index is -0.502. The van der Waals surface area contributed by atoms with Gasteiger partial charge in [0.15, 0.2) is 0 Å². The molecule has 0 saturated carbocycles. The summed E-state index contributed by atoms with van der Waals surface area (Å²) in [5.74, 6) is -0.502. The molecule has 19 heavy (non-hydrogen) atoms. The van der Waals surface area contributed by atoms with Gasteiger partial charge in [0.1, 0.15) is 9.71 Å². The van der Waals surface area contributed by atoms with Crippen molar-refractivity contribution in [2.24, 2.45) is 5.73 Å². The van der Waals surface area contributed by atoms with Crippen molar-refractivity contribution >= 4 is 44.1 Å². The molecule has 0 saturated heterocycles. The summed E-state index contributed by atoms with van der Waals surface area (Å²) in [4.78, 5) is 17.1. The third-order valence-corrected chi connectivity index (χ3v) is 4.56. The number of nitrogens with zero attached hydrogens (tertiary/aromatic N) is 1. The van der Waals surface area contributed by atoms with Crippen LogP contribution in [0.25, 0.3) is 21.1 Å². The summed E-state index contributed by atoms with van der Waals surface area (Å²) in [5, 5.41) is 1.82. The summed E-state index contributed by atoms with van der Waals surface area (Å²) in [7, 11) is 0. The van der Waals surface area contributed by atoms with Crippen LogP contribution in [0.3, 0.4) is 0 Å². The normalized spacial score (nSPS) is 11.3. The van der Waals surface area contributed by atoms with Crippen molar-refractivity contribution in [2.75, 3.05) is 5.73 Å². The van der Waals surface area contributed by atoms with Gasteiger partial charge >= 0.3 is 0 Å². The van der Waals surface area contributed by atoms with Gasteiger partial charge in [0, 0.05) is 10.8 Å². The summed E-state index contributed by atoms with van der Waals surface area (Å²) in [6, 6.07) is 6.05. The van der Waals surface area contributed by atoms with E-state index in [1.165, 1.54) is 16.9 Å². The highest BCUT2D eigenvalue weighted by molar-refractivity contribution is 7.21. The van der Waals surface area contributed by atoms with Crippen LogP contribution in [-0.4, -0.2) is 10.9 Å². The van der Waals surface area contributed by atoms with Crippen LogP contribution in [0.15, 0.2) is 18.2 Å². The summed E-state index contributed by atoms with van der Waals surface area (Å²) >= 11 is 1.25. The average molecular weight is 271 g/mol. The van der Waals surface area contributed by atoms with Crippen molar-refractivity contribution < 1.29 is 4.79 Å². The molecule has 0 bridgehead atoms. The maximum Gasteiger partial charge on any atom is 0.260 e. The molecule has 2 heterocycles. The Bertz CT molecular complexity index is 836. The van der Waals surface area contributed by atoms with Crippen molar-refractivity contribution in [2.45, 2.75) is 13.8 Å². The molecule has 0 aliphatic carbocycles. The van der Waals surface area contributed by atoms with Gasteiger partial charge in [0.25, 0.3) is 5.91 Å². The smallest absolute Gasteiger partial charge is 0.260 e. The van der Waals surface area contributed by atoms with Gasteiger partial charge in [-0.05, 0) is 31.0 Å². The van der Waals surface area contributed by atoms with Crippen LogP contribution in [0.1, 0.15) is 20.8 Å². The SMILES string of the molecule is Cc1ccc2cc3c(N)c(C(N)=O)sc3nc2c1C. The molecule has 0 fully saturated rings. The van der Waals surface area contributed by atoms with Crippen LogP contribution in [0.5, 0.6) is 0 Å². The second-order valence-electron chi connectivity index (χ2n) is 4.63. The van der Waals surface area contributed by atoms with E-state index in [1.54, 1.807) is 0 Å². The molecule has 3 rings (SSSR count). The minimum absolute atomic E-state index is 0.382. The number of primary amides is 1. The number of rotatable bonds is 1. The maximum absolute atomic E-state index is 11.3. The number of anilines is 1. The molecule has 4 N–H and O–H groups in total. The quantitative estimate of drug-likeness (QED) is 0.714. The van der Waals surface area contributed by atoms with Crippen molar-refractivity contribution in [3.8, 4) is 0 Å². The molecule has 3 aromatic rings. The second kappa shape index (κ2) is 3.93. The van der Waals surface area contributed by atoms with Gasteiger partial charge in [-0.15, -0.1) is 11.3 Å². The predicted molar refractivity (Wildman–Crippen MR) is 79.5 cm³/mol. The molecule has 0 spiro atoms. The van der Waals surface area contributed by atoms with Crippen LogP contribution in [-0.2, 0) is 0 Å². The molecule has 5 heteroatoms. The molecule has 0 atom stereocenters. The van der Waals surface area contributed by atoms with Crippen LogP contribution < -0.4 is 11.5 Å². The molecule has 96 valence electrons. The first-order valence-electron chi connectivity index (χ1n) is 5.87. The number of nitrogen functional groups attached to an aromatic ring is 1. The van der Waals surface area contributed by atoms with E-state index >= 15 is 0 Å². The van der Waals surface area contributed by atoms with Gasteiger partial charge in [0.2, 0.25) is 0 Å². The number of pyridine rings is 1. The lowest BCUT2D eigenvalue weighted by Crippen LogP contribution is -2.10. The lowest BCUT2D eigenvalue weighted by atomic mass is 10.0. The monoisotopic (exact) mass is 271 g/mol. The number of thiophene rings is 1. The topological polar surface area (TPSA) is 82.0 Å². The highest BCUT2D eigenvalue weighted by Gasteiger charge is 2.16. The Morgan fingerprint density at radius 1 is 1.32 bits per heavy atom. The first-order valence-corrected chi connectivity index (χ1v) is 6.69. The molecule has 0 aliphatic rings. The number of carbonyl (C=O) groups is 1. The van der Waals surface area contributed by atoms with Crippen LogP contribution in [0.4, 0.5) is 5.69 Å². The van der Waals surface area contributed by atoms with Crippen molar-refractivity contribution in [1.82, 2.24) is 4.98 Å². The fourth-order valence-corrected chi connectivity index (χ4v) is 3.12. The summed E-state index contributed by atoms with van der Waals surface area (Å²) in [6.45, 7) is 4.10. The molecule has 0 unspecified atom stereocenters. The van der Waals surface area contributed by atoms with Gasteiger partial charge in [-0.1, -0.05) is 12.1 Å². The average Bonchev–Trinajstić information content (AvgIpc) is 2.70. The van der Waals surface area contributed by atoms with E-state index in [4.69, 9.17) is 11.5 Å². The Labute approximate surface area is 114 Å². The van der Waals surface area contributed by atoms with Crippen LogP contribution in [0.2, 0.25) is 0 Å². The molecule has 4 nitrogen and oxygen atoms in total. The van der Waals surface area contributed by atoms with Gasteiger partial charge in [-0.3, -0.25) is 4.79 Å². The minimum Gasteiger partial charge on any atom is -0.397 e. The van der Waals surface area contributed by atoms with Gasteiger partial charge in [-0.25, -0.2) is 4.98 Å². The number of carbonyl (C=O) groups excluding carboxylic acids is 1. The van der Waals surface area contributed by atoms with Crippen molar-refractivity contribution in [1.29, 1.82) is 0 Å².